The Morgan fingerprint density at radius 3 is 2.12 bits per heavy atom. The zero-order valence-electron chi connectivity index (χ0n) is 4.60. The molecule has 0 bridgehead atoms. The van der Waals surface area contributed by atoms with Gasteiger partial charge in [0, 0.05) is 0 Å². The van der Waals surface area contributed by atoms with E-state index in [1.165, 1.54) is 0 Å². The Morgan fingerprint density at radius 2 is 1.62 bits per heavy atom. The van der Waals surface area contributed by atoms with Gasteiger partial charge < -0.3 is 9.47 Å². The van der Waals surface area contributed by atoms with Crippen LogP contribution in [0.15, 0.2) is 0 Å². The molecule has 0 N–H and O–H groups in total. The maximum Gasteiger partial charge on any atom is 0.147 e. The minimum Gasteiger partial charge on any atom is -0.376 e. The molecule has 1 aliphatic rings. The standard InChI is InChI=1S/C5H9FO2/c6-5-3-7-1-2-8-4-5/h5H,1-4H2. The zero-order chi connectivity index (χ0) is 5.82. The first-order chi connectivity index (χ1) is 3.89. The lowest BCUT2D eigenvalue weighted by atomic mass is 10.4. The van der Waals surface area contributed by atoms with Crippen LogP contribution in [0.5, 0.6) is 0 Å². The summed E-state index contributed by atoms with van der Waals surface area (Å²) in [7, 11) is 0. The largest absolute Gasteiger partial charge is 0.376 e. The highest BCUT2D eigenvalue weighted by atomic mass is 19.1. The molecule has 0 aromatic carbocycles. The second-order valence-electron chi connectivity index (χ2n) is 1.75. The molecule has 0 radical (unpaired) electrons. The van der Waals surface area contributed by atoms with Gasteiger partial charge in [-0.05, 0) is 0 Å². The molecule has 0 atom stereocenters. The van der Waals surface area contributed by atoms with E-state index >= 15 is 0 Å². The first kappa shape index (κ1) is 5.98. The van der Waals surface area contributed by atoms with Crippen molar-refractivity contribution < 1.29 is 13.9 Å². The van der Waals surface area contributed by atoms with E-state index in [9.17, 15) is 4.39 Å². The molecule has 0 aromatic rings. The van der Waals surface area contributed by atoms with Gasteiger partial charge >= 0.3 is 0 Å². The van der Waals surface area contributed by atoms with Crippen LogP contribution in [0, 0.1) is 0 Å². The van der Waals surface area contributed by atoms with Gasteiger partial charge in [-0.25, -0.2) is 4.39 Å². The lowest BCUT2D eigenvalue weighted by Gasteiger charge is -1.98. The molecule has 1 heterocycles. The van der Waals surface area contributed by atoms with Crippen LogP contribution in [0.25, 0.3) is 0 Å². The molecular formula is C5H9FO2. The van der Waals surface area contributed by atoms with Crippen molar-refractivity contribution in [1.82, 2.24) is 0 Å². The summed E-state index contributed by atoms with van der Waals surface area (Å²) in [5.74, 6) is 0. The molecule has 0 spiro atoms. The number of rotatable bonds is 0. The van der Waals surface area contributed by atoms with E-state index in [4.69, 9.17) is 9.47 Å². The van der Waals surface area contributed by atoms with Gasteiger partial charge in [-0.3, -0.25) is 0 Å². The fourth-order valence-electron chi connectivity index (χ4n) is 0.588. The van der Waals surface area contributed by atoms with E-state index in [-0.39, 0.29) is 13.2 Å². The molecule has 0 aliphatic carbocycles. The summed E-state index contributed by atoms with van der Waals surface area (Å²) in [5, 5.41) is 0. The smallest absolute Gasteiger partial charge is 0.147 e. The third-order valence-electron chi connectivity index (χ3n) is 0.969. The highest BCUT2D eigenvalue weighted by Gasteiger charge is 2.09. The molecule has 3 heteroatoms. The van der Waals surface area contributed by atoms with Crippen molar-refractivity contribution in [3.63, 3.8) is 0 Å². The Kier molecular flexibility index (Phi) is 2.24. The van der Waals surface area contributed by atoms with Gasteiger partial charge in [0.05, 0.1) is 26.4 Å². The van der Waals surface area contributed by atoms with Gasteiger partial charge in [0.15, 0.2) is 0 Å². The molecule has 1 rings (SSSR count). The fraction of sp³-hybridized carbons (Fsp3) is 1.00. The average Bonchev–Trinajstić information content (AvgIpc) is 1.94. The summed E-state index contributed by atoms with van der Waals surface area (Å²) in [6, 6.07) is 0. The molecule has 1 fully saturated rings. The van der Waals surface area contributed by atoms with Crippen LogP contribution in [-0.4, -0.2) is 32.6 Å². The van der Waals surface area contributed by atoms with Crippen molar-refractivity contribution >= 4 is 0 Å². The van der Waals surface area contributed by atoms with Crippen molar-refractivity contribution in [2.75, 3.05) is 26.4 Å². The normalized spacial score (nSPS) is 25.1. The third kappa shape index (κ3) is 1.76. The minimum atomic E-state index is -0.919. The van der Waals surface area contributed by atoms with Crippen LogP contribution in [0.1, 0.15) is 0 Å². The van der Waals surface area contributed by atoms with Crippen LogP contribution < -0.4 is 0 Å². The Hall–Kier alpha value is -0.150. The zero-order valence-corrected chi connectivity index (χ0v) is 4.60. The fourth-order valence-corrected chi connectivity index (χ4v) is 0.588. The van der Waals surface area contributed by atoms with Crippen molar-refractivity contribution in [2.45, 2.75) is 6.17 Å². The molecule has 0 saturated carbocycles. The molecule has 1 saturated heterocycles. The summed E-state index contributed by atoms with van der Waals surface area (Å²) in [6.07, 6.45) is -0.919. The number of hydrogen-bond donors (Lipinski definition) is 0. The summed E-state index contributed by atoms with van der Waals surface area (Å²) in [6.45, 7) is 1.45. The van der Waals surface area contributed by atoms with Crippen LogP contribution in [0.4, 0.5) is 4.39 Å². The second kappa shape index (κ2) is 2.99. The van der Waals surface area contributed by atoms with Crippen molar-refractivity contribution in [3.05, 3.63) is 0 Å². The van der Waals surface area contributed by atoms with Gasteiger partial charge in [0.2, 0.25) is 0 Å². The summed E-state index contributed by atoms with van der Waals surface area (Å²) in [4.78, 5) is 0. The Morgan fingerprint density at radius 1 is 1.12 bits per heavy atom. The van der Waals surface area contributed by atoms with Crippen LogP contribution >= 0.6 is 0 Å². The molecule has 0 amide bonds. The molecule has 1 aliphatic heterocycles. The van der Waals surface area contributed by atoms with Gasteiger partial charge in [-0.2, -0.15) is 0 Å². The predicted octanol–water partition coefficient (Wildman–Crippen LogP) is 0.371. The van der Waals surface area contributed by atoms with Crippen LogP contribution in [-0.2, 0) is 9.47 Å². The van der Waals surface area contributed by atoms with E-state index in [2.05, 4.69) is 0 Å². The van der Waals surface area contributed by atoms with Gasteiger partial charge in [-0.15, -0.1) is 0 Å². The van der Waals surface area contributed by atoms with Gasteiger partial charge in [0.25, 0.3) is 0 Å². The second-order valence-corrected chi connectivity index (χ2v) is 1.75. The monoisotopic (exact) mass is 120 g/mol. The van der Waals surface area contributed by atoms with Gasteiger partial charge in [-0.1, -0.05) is 0 Å². The SMILES string of the molecule is FC1COCCOC1. The van der Waals surface area contributed by atoms with Gasteiger partial charge in [0.1, 0.15) is 6.17 Å². The Bertz CT molecular complexity index is 59.4. The first-order valence-electron chi connectivity index (χ1n) is 2.69. The topological polar surface area (TPSA) is 18.5 Å². The third-order valence-corrected chi connectivity index (χ3v) is 0.969. The van der Waals surface area contributed by atoms with E-state index in [1.807, 2.05) is 0 Å². The molecule has 0 aromatic heterocycles. The Balaban J connectivity index is 2.17. The summed E-state index contributed by atoms with van der Waals surface area (Å²) < 4.78 is 21.8. The van der Waals surface area contributed by atoms with Crippen LogP contribution in [0.3, 0.4) is 0 Å². The van der Waals surface area contributed by atoms with Crippen molar-refractivity contribution in [1.29, 1.82) is 0 Å². The number of halogens is 1. The Labute approximate surface area is 47.6 Å². The lowest BCUT2D eigenvalue weighted by Crippen LogP contribution is -2.11. The summed E-state index contributed by atoms with van der Waals surface area (Å²) in [5.41, 5.74) is 0. The minimum absolute atomic E-state index is 0.194. The van der Waals surface area contributed by atoms with E-state index in [1.54, 1.807) is 0 Å². The van der Waals surface area contributed by atoms with E-state index in [0.29, 0.717) is 13.2 Å². The quantitative estimate of drug-likeness (QED) is 0.460. The highest BCUT2D eigenvalue weighted by molar-refractivity contribution is 4.54. The van der Waals surface area contributed by atoms with Crippen LogP contribution in [0.2, 0.25) is 0 Å². The van der Waals surface area contributed by atoms with E-state index < -0.39 is 6.17 Å². The molecule has 0 unspecified atom stereocenters. The van der Waals surface area contributed by atoms with Crippen molar-refractivity contribution in [3.8, 4) is 0 Å². The highest BCUT2D eigenvalue weighted by Crippen LogP contribution is 1.97. The van der Waals surface area contributed by atoms with E-state index in [0.717, 1.165) is 0 Å². The molecule has 8 heavy (non-hydrogen) atoms. The average molecular weight is 120 g/mol. The maximum absolute atomic E-state index is 12.2. The number of ether oxygens (including phenoxy) is 2. The number of alkyl halides is 1. The molecular weight excluding hydrogens is 111 g/mol. The molecule has 2 nitrogen and oxygen atoms in total. The lowest BCUT2D eigenvalue weighted by molar-refractivity contribution is 0.103. The number of hydrogen-bond acceptors (Lipinski definition) is 2. The maximum atomic E-state index is 12.2. The van der Waals surface area contributed by atoms with Crippen molar-refractivity contribution in [2.24, 2.45) is 0 Å². The molecule has 48 valence electrons. The predicted molar refractivity (Wildman–Crippen MR) is 26.5 cm³/mol. The summed E-state index contributed by atoms with van der Waals surface area (Å²) >= 11 is 0. The first-order valence-corrected chi connectivity index (χ1v) is 2.69.